The van der Waals surface area contributed by atoms with Crippen molar-refractivity contribution in [1.29, 1.82) is 0 Å². The maximum Gasteiger partial charge on any atom is 0.322 e. The molecule has 0 bridgehead atoms. The Bertz CT molecular complexity index is 634. The van der Waals surface area contributed by atoms with Crippen LogP contribution in [0.4, 0.5) is 16.2 Å². The summed E-state index contributed by atoms with van der Waals surface area (Å²) in [5, 5.41) is 5.68. The zero-order valence-corrected chi connectivity index (χ0v) is 15.0. The number of nitrogens with one attached hydrogen (secondary N) is 2. The minimum Gasteiger partial charge on any atom is -0.368 e. The first kappa shape index (κ1) is 17.7. The lowest BCUT2D eigenvalue weighted by Crippen LogP contribution is -2.32. The zero-order valence-electron chi connectivity index (χ0n) is 15.0. The monoisotopic (exact) mass is 345 g/mol. The first-order valence-corrected chi connectivity index (χ1v) is 9.11. The number of amides is 3. The zero-order chi connectivity index (χ0) is 17.8. The third kappa shape index (κ3) is 4.51. The fraction of sp³-hybridized carbons (Fsp3) is 0.579. The number of hydrogen-bond acceptors (Lipinski definition) is 3. The molecular formula is C19H27N3O3. The van der Waals surface area contributed by atoms with Crippen LogP contribution in [-0.4, -0.2) is 37.2 Å². The van der Waals surface area contributed by atoms with Crippen molar-refractivity contribution in [2.45, 2.75) is 51.7 Å². The van der Waals surface area contributed by atoms with Gasteiger partial charge < -0.3 is 15.4 Å². The second-order valence-electron chi connectivity index (χ2n) is 7.21. The lowest BCUT2D eigenvalue weighted by molar-refractivity contribution is -0.123. The summed E-state index contributed by atoms with van der Waals surface area (Å²) in [5.41, 5.74) is 1.46. The van der Waals surface area contributed by atoms with Crippen molar-refractivity contribution in [2.24, 2.45) is 5.92 Å². The van der Waals surface area contributed by atoms with Crippen molar-refractivity contribution in [3.63, 3.8) is 0 Å². The summed E-state index contributed by atoms with van der Waals surface area (Å²) in [5.74, 6) is 0.515. The number of carbonyl (C=O) groups excluding carboxylic acids is 2. The van der Waals surface area contributed by atoms with Crippen LogP contribution in [0.2, 0.25) is 0 Å². The van der Waals surface area contributed by atoms with Gasteiger partial charge in [0.15, 0.2) is 0 Å². The first-order chi connectivity index (χ1) is 12.0. The molecule has 1 aromatic rings. The Morgan fingerprint density at radius 3 is 2.92 bits per heavy atom. The maximum atomic E-state index is 12.2. The first-order valence-electron chi connectivity index (χ1n) is 9.11. The number of benzene rings is 1. The van der Waals surface area contributed by atoms with E-state index in [4.69, 9.17) is 4.74 Å². The molecule has 25 heavy (non-hydrogen) atoms. The van der Waals surface area contributed by atoms with E-state index in [1.165, 1.54) is 12.8 Å². The van der Waals surface area contributed by atoms with Crippen LogP contribution in [0.5, 0.6) is 0 Å². The third-order valence-corrected chi connectivity index (χ3v) is 4.95. The number of ether oxygens (including phenoxy) is 1. The Hall–Kier alpha value is -2.08. The molecule has 2 fully saturated rings. The standard InChI is InChI=1S/C19H27N3O3/c1-13-5-3-8-17(9-13)25-12-18(23)21-15-6-4-7-16(10-15)22-14(2)11-20-19(22)24/h4,6-7,10,13-14,17H,3,5,8-9,11-12H2,1-2H3,(H,20,24)(H,21,23)/t13-,14+,17+/m1/s1. The minimum absolute atomic E-state index is 0.0716. The van der Waals surface area contributed by atoms with Crippen molar-refractivity contribution in [3.05, 3.63) is 24.3 Å². The highest BCUT2D eigenvalue weighted by molar-refractivity contribution is 5.97. The van der Waals surface area contributed by atoms with Crippen molar-refractivity contribution in [3.8, 4) is 0 Å². The Labute approximate surface area is 148 Å². The van der Waals surface area contributed by atoms with Gasteiger partial charge in [-0.2, -0.15) is 0 Å². The Kier molecular flexibility index (Phi) is 5.58. The number of urea groups is 1. The Morgan fingerprint density at radius 1 is 1.36 bits per heavy atom. The van der Waals surface area contributed by atoms with Gasteiger partial charge >= 0.3 is 6.03 Å². The third-order valence-electron chi connectivity index (χ3n) is 4.95. The van der Waals surface area contributed by atoms with Gasteiger partial charge in [-0.15, -0.1) is 0 Å². The largest absolute Gasteiger partial charge is 0.368 e. The molecule has 1 saturated heterocycles. The van der Waals surface area contributed by atoms with Crippen LogP contribution in [-0.2, 0) is 9.53 Å². The van der Waals surface area contributed by atoms with E-state index in [1.54, 1.807) is 4.90 Å². The molecule has 1 heterocycles. The van der Waals surface area contributed by atoms with E-state index in [0.29, 0.717) is 18.2 Å². The predicted octanol–water partition coefficient (Wildman–Crippen LogP) is 3.14. The Morgan fingerprint density at radius 2 is 2.20 bits per heavy atom. The summed E-state index contributed by atoms with van der Waals surface area (Å²) in [7, 11) is 0. The molecule has 6 nitrogen and oxygen atoms in total. The van der Waals surface area contributed by atoms with E-state index in [9.17, 15) is 9.59 Å². The van der Waals surface area contributed by atoms with Gasteiger partial charge in [-0.1, -0.05) is 25.8 Å². The molecule has 3 rings (SSSR count). The molecule has 3 atom stereocenters. The molecule has 1 aliphatic carbocycles. The van der Waals surface area contributed by atoms with Gasteiger partial charge in [0.2, 0.25) is 5.91 Å². The van der Waals surface area contributed by atoms with E-state index in [2.05, 4.69) is 17.6 Å². The molecule has 3 amide bonds. The van der Waals surface area contributed by atoms with Gasteiger partial charge in [-0.25, -0.2) is 4.79 Å². The van der Waals surface area contributed by atoms with Gasteiger partial charge in [-0.05, 0) is 43.9 Å². The summed E-state index contributed by atoms with van der Waals surface area (Å²) < 4.78 is 5.76. The minimum atomic E-state index is -0.158. The summed E-state index contributed by atoms with van der Waals surface area (Å²) >= 11 is 0. The van der Waals surface area contributed by atoms with Gasteiger partial charge in [0.05, 0.1) is 12.1 Å². The van der Waals surface area contributed by atoms with Crippen LogP contribution in [0.25, 0.3) is 0 Å². The average molecular weight is 345 g/mol. The lowest BCUT2D eigenvalue weighted by atomic mass is 9.89. The summed E-state index contributed by atoms with van der Waals surface area (Å²) in [6, 6.07) is 7.34. The molecule has 0 radical (unpaired) electrons. The summed E-state index contributed by atoms with van der Waals surface area (Å²) in [6.07, 6.45) is 4.68. The number of hydrogen-bond donors (Lipinski definition) is 2. The van der Waals surface area contributed by atoms with Crippen molar-refractivity contribution < 1.29 is 14.3 Å². The van der Waals surface area contributed by atoms with Crippen LogP contribution < -0.4 is 15.5 Å². The van der Waals surface area contributed by atoms with Crippen LogP contribution in [0, 0.1) is 5.92 Å². The fourth-order valence-corrected chi connectivity index (χ4v) is 3.64. The van der Waals surface area contributed by atoms with E-state index < -0.39 is 0 Å². The molecule has 136 valence electrons. The van der Waals surface area contributed by atoms with Gasteiger partial charge in [0.25, 0.3) is 0 Å². The number of nitrogens with zero attached hydrogens (tertiary/aromatic N) is 1. The van der Waals surface area contributed by atoms with Crippen LogP contribution in [0.15, 0.2) is 24.3 Å². The van der Waals surface area contributed by atoms with Gasteiger partial charge in [0, 0.05) is 17.9 Å². The molecule has 2 N–H and O–H groups in total. The molecule has 1 aliphatic heterocycles. The van der Waals surface area contributed by atoms with Crippen LogP contribution in [0.1, 0.15) is 39.5 Å². The van der Waals surface area contributed by atoms with Gasteiger partial charge in [-0.3, -0.25) is 9.69 Å². The van der Waals surface area contributed by atoms with Crippen LogP contribution in [0.3, 0.4) is 0 Å². The van der Waals surface area contributed by atoms with Gasteiger partial charge in [0.1, 0.15) is 6.61 Å². The number of anilines is 2. The highest BCUT2D eigenvalue weighted by Gasteiger charge is 2.28. The highest BCUT2D eigenvalue weighted by atomic mass is 16.5. The predicted molar refractivity (Wildman–Crippen MR) is 97.8 cm³/mol. The fourth-order valence-electron chi connectivity index (χ4n) is 3.64. The molecule has 1 aromatic carbocycles. The topological polar surface area (TPSA) is 70.7 Å². The molecule has 1 saturated carbocycles. The van der Waals surface area contributed by atoms with Crippen LogP contribution >= 0.6 is 0 Å². The molecule has 0 spiro atoms. The summed E-state index contributed by atoms with van der Waals surface area (Å²) in [6.45, 7) is 4.92. The molecule has 0 unspecified atom stereocenters. The second-order valence-corrected chi connectivity index (χ2v) is 7.21. The highest BCUT2D eigenvalue weighted by Crippen LogP contribution is 2.26. The smallest absolute Gasteiger partial charge is 0.322 e. The van der Waals surface area contributed by atoms with E-state index >= 15 is 0 Å². The van der Waals surface area contributed by atoms with Crippen molar-refractivity contribution >= 4 is 23.3 Å². The maximum absolute atomic E-state index is 12.2. The lowest BCUT2D eigenvalue weighted by Gasteiger charge is -2.26. The quantitative estimate of drug-likeness (QED) is 0.861. The molecule has 2 aliphatic rings. The Balaban J connectivity index is 1.55. The molecule has 6 heteroatoms. The number of rotatable bonds is 5. The van der Waals surface area contributed by atoms with E-state index in [-0.39, 0.29) is 30.7 Å². The van der Waals surface area contributed by atoms with E-state index in [0.717, 1.165) is 18.5 Å². The number of carbonyl (C=O) groups is 2. The van der Waals surface area contributed by atoms with Crippen molar-refractivity contribution in [2.75, 3.05) is 23.4 Å². The molecule has 0 aromatic heterocycles. The second kappa shape index (κ2) is 7.87. The normalized spacial score (nSPS) is 26.4. The van der Waals surface area contributed by atoms with Crippen molar-refractivity contribution in [1.82, 2.24) is 5.32 Å². The summed E-state index contributed by atoms with van der Waals surface area (Å²) in [4.78, 5) is 25.8. The molecular weight excluding hydrogens is 318 g/mol. The SMILES string of the molecule is C[C@@H]1CCC[C@H](OCC(=O)Nc2cccc(N3C(=O)NC[C@@H]3C)c2)C1. The average Bonchev–Trinajstić information content (AvgIpc) is 2.92. The van der Waals surface area contributed by atoms with E-state index in [1.807, 2.05) is 31.2 Å².